The van der Waals surface area contributed by atoms with Crippen molar-refractivity contribution in [1.29, 1.82) is 0 Å². The first-order valence-electron chi connectivity index (χ1n) is 10.5. The van der Waals surface area contributed by atoms with E-state index in [0.29, 0.717) is 23.5 Å². The molecular weight excluding hydrogens is 414 g/mol. The van der Waals surface area contributed by atoms with E-state index in [9.17, 15) is 14.4 Å². The van der Waals surface area contributed by atoms with Crippen molar-refractivity contribution in [3.8, 4) is 5.69 Å². The molecule has 0 saturated heterocycles. The van der Waals surface area contributed by atoms with E-state index in [1.54, 1.807) is 42.6 Å². The zero-order chi connectivity index (χ0) is 23.2. The van der Waals surface area contributed by atoms with E-state index in [1.165, 1.54) is 10.6 Å². The number of hydrogen-bond acceptors (Lipinski definition) is 3. The van der Waals surface area contributed by atoms with Gasteiger partial charge in [0.15, 0.2) is 0 Å². The highest BCUT2D eigenvalue weighted by atomic mass is 16.2. The van der Waals surface area contributed by atoms with Crippen LogP contribution in [-0.2, 0) is 6.54 Å². The van der Waals surface area contributed by atoms with Crippen LogP contribution in [0.5, 0.6) is 0 Å². The highest BCUT2D eigenvalue weighted by molar-refractivity contribution is 6.04. The van der Waals surface area contributed by atoms with Gasteiger partial charge in [0.25, 0.3) is 17.4 Å². The Morgan fingerprint density at radius 2 is 1.58 bits per heavy atom. The molecular formula is C27H23N3O3. The fourth-order valence-corrected chi connectivity index (χ4v) is 3.44. The monoisotopic (exact) mass is 437 g/mol. The van der Waals surface area contributed by atoms with E-state index in [4.69, 9.17) is 0 Å². The number of hydrogen-bond donors (Lipinski definition) is 2. The molecule has 3 aromatic carbocycles. The molecule has 0 aliphatic heterocycles. The zero-order valence-corrected chi connectivity index (χ0v) is 18.1. The smallest absolute Gasteiger partial charge is 0.267 e. The molecule has 0 aliphatic rings. The highest BCUT2D eigenvalue weighted by Crippen LogP contribution is 2.14. The number of anilines is 1. The van der Waals surface area contributed by atoms with E-state index >= 15 is 0 Å². The normalized spacial score (nSPS) is 10.5. The standard InChI is InChI=1S/C27H23N3O3/c1-19-7-5-10-21(17-19)25(31)29-22-12-14-23(15-13-22)30-16-6-11-24(27(30)33)26(32)28-18-20-8-3-2-4-9-20/h2-17H,18H2,1H3,(H,28,32)(H,29,31). The molecule has 0 saturated carbocycles. The number of rotatable bonds is 6. The average molecular weight is 437 g/mol. The van der Waals surface area contributed by atoms with Gasteiger partial charge in [-0.15, -0.1) is 0 Å². The summed E-state index contributed by atoms with van der Waals surface area (Å²) in [6.07, 6.45) is 1.61. The molecule has 2 N–H and O–H groups in total. The first-order valence-corrected chi connectivity index (χ1v) is 10.5. The zero-order valence-electron chi connectivity index (χ0n) is 18.1. The molecule has 1 heterocycles. The van der Waals surface area contributed by atoms with Gasteiger partial charge in [-0.2, -0.15) is 0 Å². The topological polar surface area (TPSA) is 80.2 Å². The second-order valence-electron chi connectivity index (χ2n) is 7.64. The third-order valence-electron chi connectivity index (χ3n) is 5.17. The van der Waals surface area contributed by atoms with E-state index in [0.717, 1.165) is 11.1 Å². The molecule has 0 atom stereocenters. The number of benzene rings is 3. The van der Waals surface area contributed by atoms with E-state index in [-0.39, 0.29) is 11.5 Å². The summed E-state index contributed by atoms with van der Waals surface area (Å²) in [5.74, 6) is -0.638. The predicted octanol–water partition coefficient (Wildman–Crippen LogP) is 4.33. The van der Waals surface area contributed by atoms with Crippen molar-refractivity contribution in [1.82, 2.24) is 9.88 Å². The van der Waals surface area contributed by atoms with Crippen molar-refractivity contribution in [3.63, 3.8) is 0 Å². The van der Waals surface area contributed by atoms with Crippen LogP contribution >= 0.6 is 0 Å². The Balaban J connectivity index is 1.48. The van der Waals surface area contributed by atoms with Gasteiger partial charge in [-0.3, -0.25) is 19.0 Å². The van der Waals surface area contributed by atoms with Crippen LogP contribution in [0.4, 0.5) is 5.69 Å². The molecule has 0 spiro atoms. The van der Waals surface area contributed by atoms with Crippen LogP contribution in [0.3, 0.4) is 0 Å². The number of pyridine rings is 1. The molecule has 164 valence electrons. The molecule has 0 aliphatic carbocycles. The number of aromatic nitrogens is 1. The number of nitrogens with zero attached hydrogens (tertiary/aromatic N) is 1. The first-order chi connectivity index (χ1) is 16.0. The van der Waals surface area contributed by atoms with Crippen LogP contribution in [-0.4, -0.2) is 16.4 Å². The Kier molecular flexibility index (Phi) is 6.45. The summed E-state index contributed by atoms with van der Waals surface area (Å²) in [6.45, 7) is 2.27. The summed E-state index contributed by atoms with van der Waals surface area (Å²) >= 11 is 0. The summed E-state index contributed by atoms with van der Waals surface area (Å²) in [7, 11) is 0. The molecule has 0 bridgehead atoms. The molecule has 4 aromatic rings. The molecule has 1 aromatic heterocycles. The SMILES string of the molecule is Cc1cccc(C(=O)Nc2ccc(-n3cccc(C(=O)NCc4ccccc4)c3=O)cc2)c1. The third-order valence-corrected chi connectivity index (χ3v) is 5.17. The van der Waals surface area contributed by atoms with Crippen molar-refractivity contribution in [3.05, 3.63) is 130 Å². The lowest BCUT2D eigenvalue weighted by molar-refractivity contribution is 0.0948. The quantitative estimate of drug-likeness (QED) is 0.471. The molecule has 0 radical (unpaired) electrons. The van der Waals surface area contributed by atoms with Crippen molar-refractivity contribution in [2.75, 3.05) is 5.32 Å². The van der Waals surface area contributed by atoms with Crippen LogP contribution in [0.1, 0.15) is 31.8 Å². The fourth-order valence-electron chi connectivity index (χ4n) is 3.44. The summed E-state index contributed by atoms with van der Waals surface area (Å²) in [5.41, 5.74) is 3.37. The number of aryl methyl sites for hydroxylation is 1. The fraction of sp³-hybridized carbons (Fsp3) is 0.0741. The van der Waals surface area contributed by atoms with Crippen molar-refractivity contribution < 1.29 is 9.59 Å². The minimum atomic E-state index is -0.430. The third kappa shape index (κ3) is 5.25. The van der Waals surface area contributed by atoms with E-state index in [2.05, 4.69) is 10.6 Å². The summed E-state index contributed by atoms with van der Waals surface area (Å²) in [6, 6.07) is 26.9. The minimum absolute atomic E-state index is 0.0604. The predicted molar refractivity (Wildman–Crippen MR) is 129 cm³/mol. The summed E-state index contributed by atoms with van der Waals surface area (Å²) < 4.78 is 1.41. The van der Waals surface area contributed by atoms with Crippen molar-refractivity contribution in [2.45, 2.75) is 13.5 Å². The lowest BCUT2D eigenvalue weighted by Crippen LogP contribution is -2.31. The van der Waals surface area contributed by atoms with Gasteiger partial charge in [0.05, 0.1) is 0 Å². The Hall–Kier alpha value is -4.45. The summed E-state index contributed by atoms with van der Waals surface area (Å²) in [4.78, 5) is 38.0. The molecule has 2 amide bonds. The molecule has 0 unspecified atom stereocenters. The van der Waals surface area contributed by atoms with Gasteiger partial charge < -0.3 is 10.6 Å². The van der Waals surface area contributed by atoms with Crippen LogP contribution in [0.2, 0.25) is 0 Å². The van der Waals surface area contributed by atoms with Gasteiger partial charge >= 0.3 is 0 Å². The molecule has 33 heavy (non-hydrogen) atoms. The molecule has 4 rings (SSSR count). The van der Waals surface area contributed by atoms with E-state index < -0.39 is 11.5 Å². The Bertz CT molecular complexity index is 1340. The lowest BCUT2D eigenvalue weighted by atomic mass is 10.1. The molecule has 0 fully saturated rings. The Morgan fingerprint density at radius 1 is 0.818 bits per heavy atom. The first kappa shape index (κ1) is 21.8. The lowest BCUT2D eigenvalue weighted by Gasteiger charge is -2.10. The van der Waals surface area contributed by atoms with Gasteiger partial charge in [0.2, 0.25) is 0 Å². The number of nitrogens with one attached hydrogen (secondary N) is 2. The molecule has 6 nitrogen and oxygen atoms in total. The average Bonchev–Trinajstić information content (AvgIpc) is 2.84. The van der Waals surface area contributed by atoms with Crippen molar-refractivity contribution in [2.24, 2.45) is 0 Å². The van der Waals surface area contributed by atoms with Crippen LogP contribution < -0.4 is 16.2 Å². The largest absolute Gasteiger partial charge is 0.348 e. The summed E-state index contributed by atoms with van der Waals surface area (Å²) in [5, 5.41) is 5.64. The van der Waals surface area contributed by atoms with Crippen molar-refractivity contribution >= 4 is 17.5 Å². The van der Waals surface area contributed by atoms with Crippen LogP contribution in [0.15, 0.2) is 102 Å². The second kappa shape index (κ2) is 9.78. The Morgan fingerprint density at radius 3 is 2.30 bits per heavy atom. The maximum atomic E-state index is 12.9. The number of amides is 2. The van der Waals surface area contributed by atoms with Crippen LogP contribution in [0, 0.1) is 6.92 Å². The number of carbonyl (C=O) groups is 2. The van der Waals surface area contributed by atoms with Gasteiger partial charge in [-0.05, 0) is 61.0 Å². The molecule has 6 heteroatoms. The Labute approximate surface area is 191 Å². The van der Waals surface area contributed by atoms with Gasteiger partial charge in [0.1, 0.15) is 5.56 Å². The maximum absolute atomic E-state index is 12.9. The van der Waals surface area contributed by atoms with Gasteiger partial charge in [-0.1, -0.05) is 48.0 Å². The second-order valence-corrected chi connectivity index (χ2v) is 7.64. The number of carbonyl (C=O) groups excluding carboxylic acids is 2. The van der Waals surface area contributed by atoms with Gasteiger partial charge in [0, 0.05) is 29.7 Å². The maximum Gasteiger partial charge on any atom is 0.267 e. The van der Waals surface area contributed by atoms with Crippen LogP contribution in [0.25, 0.3) is 5.69 Å². The van der Waals surface area contributed by atoms with E-state index in [1.807, 2.05) is 55.5 Å². The highest BCUT2D eigenvalue weighted by Gasteiger charge is 2.13. The van der Waals surface area contributed by atoms with Gasteiger partial charge in [-0.25, -0.2) is 0 Å². The minimum Gasteiger partial charge on any atom is -0.348 e.